The summed E-state index contributed by atoms with van der Waals surface area (Å²) in [6.45, 7) is 6.88. The summed E-state index contributed by atoms with van der Waals surface area (Å²) in [5.74, 6) is 1.15. The van der Waals surface area contributed by atoms with Crippen molar-refractivity contribution in [3.63, 3.8) is 0 Å². The lowest BCUT2D eigenvalue weighted by Gasteiger charge is -2.32. The van der Waals surface area contributed by atoms with Crippen molar-refractivity contribution in [2.75, 3.05) is 19.7 Å². The number of para-hydroxylation sites is 1. The maximum atomic E-state index is 11.3. The number of likely N-dealkylation sites (tertiary alicyclic amines) is 1. The van der Waals surface area contributed by atoms with E-state index in [4.69, 9.17) is 4.74 Å². The quantitative estimate of drug-likeness (QED) is 0.896. The smallest absolute Gasteiger partial charge is 0.219 e. The van der Waals surface area contributed by atoms with Crippen molar-refractivity contribution in [2.24, 2.45) is 0 Å². The van der Waals surface area contributed by atoms with Crippen molar-refractivity contribution >= 4 is 5.91 Å². The first-order valence-electron chi connectivity index (χ1n) is 7.40. The van der Waals surface area contributed by atoms with Crippen LogP contribution in [0.25, 0.3) is 0 Å². The zero-order chi connectivity index (χ0) is 14.4. The van der Waals surface area contributed by atoms with E-state index in [-0.39, 0.29) is 5.91 Å². The number of carbonyl (C=O) groups excluding carboxylic acids is 1. The van der Waals surface area contributed by atoms with Crippen LogP contribution in [0.4, 0.5) is 0 Å². The Morgan fingerprint density at radius 3 is 2.70 bits per heavy atom. The summed E-state index contributed by atoms with van der Waals surface area (Å²) in [6, 6.07) is 8.64. The molecule has 4 heteroatoms. The van der Waals surface area contributed by atoms with Crippen LogP contribution in [0.2, 0.25) is 0 Å². The van der Waals surface area contributed by atoms with E-state index in [2.05, 4.69) is 11.4 Å². The van der Waals surface area contributed by atoms with Crippen molar-refractivity contribution < 1.29 is 9.53 Å². The number of piperidine rings is 1. The number of nitrogens with one attached hydrogen (secondary N) is 1. The Morgan fingerprint density at radius 2 is 2.05 bits per heavy atom. The zero-order valence-corrected chi connectivity index (χ0v) is 12.4. The molecule has 1 fully saturated rings. The summed E-state index contributed by atoms with van der Waals surface area (Å²) in [5, 5.41) is 3.58. The Bertz CT molecular complexity index is 440. The van der Waals surface area contributed by atoms with Gasteiger partial charge in [0.15, 0.2) is 0 Å². The van der Waals surface area contributed by atoms with E-state index in [0.717, 1.165) is 38.2 Å². The molecule has 110 valence electrons. The minimum Gasteiger partial charge on any atom is -0.494 e. The second kappa shape index (κ2) is 7.29. The number of hydrogen-bond acceptors (Lipinski definition) is 3. The Labute approximate surface area is 121 Å². The molecule has 1 aromatic carbocycles. The van der Waals surface area contributed by atoms with Crippen LogP contribution in [0.1, 0.15) is 32.3 Å². The molecule has 1 heterocycles. The molecular formula is C16H24N2O2. The van der Waals surface area contributed by atoms with Gasteiger partial charge in [-0.1, -0.05) is 18.2 Å². The van der Waals surface area contributed by atoms with Crippen molar-refractivity contribution in [3.05, 3.63) is 29.8 Å². The summed E-state index contributed by atoms with van der Waals surface area (Å²) in [5.41, 5.74) is 1.20. The van der Waals surface area contributed by atoms with E-state index >= 15 is 0 Å². The second-order valence-electron chi connectivity index (χ2n) is 5.20. The summed E-state index contributed by atoms with van der Waals surface area (Å²) in [6.07, 6.45) is 2.05. The van der Waals surface area contributed by atoms with Gasteiger partial charge in [-0.25, -0.2) is 0 Å². The first-order chi connectivity index (χ1) is 9.70. The maximum Gasteiger partial charge on any atom is 0.219 e. The van der Waals surface area contributed by atoms with Gasteiger partial charge in [0, 0.05) is 38.2 Å². The number of benzene rings is 1. The van der Waals surface area contributed by atoms with Crippen LogP contribution >= 0.6 is 0 Å². The fourth-order valence-electron chi connectivity index (χ4n) is 2.60. The lowest BCUT2D eigenvalue weighted by Crippen LogP contribution is -2.43. The van der Waals surface area contributed by atoms with Crippen molar-refractivity contribution in [1.82, 2.24) is 10.2 Å². The fourth-order valence-corrected chi connectivity index (χ4v) is 2.60. The van der Waals surface area contributed by atoms with Crippen molar-refractivity contribution in [3.8, 4) is 5.75 Å². The number of carbonyl (C=O) groups is 1. The molecule has 0 bridgehead atoms. The molecule has 2 rings (SSSR count). The molecule has 0 radical (unpaired) electrons. The van der Waals surface area contributed by atoms with Gasteiger partial charge in [0.1, 0.15) is 5.75 Å². The average Bonchev–Trinajstić information content (AvgIpc) is 2.47. The van der Waals surface area contributed by atoms with Crippen LogP contribution in [-0.2, 0) is 11.3 Å². The predicted molar refractivity (Wildman–Crippen MR) is 79.7 cm³/mol. The minimum absolute atomic E-state index is 0.185. The molecule has 0 saturated carbocycles. The van der Waals surface area contributed by atoms with Crippen LogP contribution < -0.4 is 10.1 Å². The van der Waals surface area contributed by atoms with Crippen LogP contribution in [0.5, 0.6) is 5.75 Å². The highest BCUT2D eigenvalue weighted by Crippen LogP contribution is 2.19. The lowest BCUT2D eigenvalue weighted by atomic mass is 10.0. The number of amides is 1. The topological polar surface area (TPSA) is 41.6 Å². The molecule has 0 unspecified atom stereocenters. The third-order valence-electron chi connectivity index (χ3n) is 3.79. The van der Waals surface area contributed by atoms with E-state index < -0.39 is 0 Å². The van der Waals surface area contributed by atoms with E-state index in [1.165, 1.54) is 5.56 Å². The molecule has 0 aliphatic carbocycles. The lowest BCUT2D eigenvalue weighted by molar-refractivity contribution is -0.129. The summed E-state index contributed by atoms with van der Waals surface area (Å²) < 4.78 is 5.63. The highest BCUT2D eigenvalue weighted by Gasteiger charge is 2.20. The van der Waals surface area contributed by atoms with Crippen LogP contribution in [0.3, 0.4) is 0 Å². The maximum absolute atomic E-state index is 11.3. The van der Waals surface area contributed by atoms with Gasteiger partial charge >= 0.3 is 0 Å². The Balaban J connectivity index is 1.83. The Morgan fingerprint density at radius 1 is 1.35 bits per heavy atom. The van der Waals surface area contributed by atoms with E-state index in [1.54, 1.807) is 6.92 Å². The molecule has 0 spiro atoms. The normalized spacial score (nSPS) is 16.2. The van der Waals surface area contributed by atoms with Gasteiger partial charge in [-0.15, -0.1) is 0 Å². The third kappa shape index (κ3) is 3.97. The SMILES string of the molecule is CCOc1ccccc1CNC1CCN(C(C)=O)CC1. The monoisotopic (exact) mass is 276 g/mol. The summed E-state index contributed by atoms with van der Waals surface area (Å²) >= 11 is 0. The molecular weight excluding hydrogens is 252 g/mol. The van der Waals surface area contributed by atoms with Gasteiger partial charge in [0.25, 0.3) is 0 Å². The molecule has 1 N–H and O–H groups in total. The largest absolute Gasteiger partial charge is 0.494 e. The Hall–Kier alpha value is -1.55. The molecule has 20 heavy (non-hydrogen) atoms. The number of hydrogen-bond donors (Lipinski definition) is 1. The molecule has 1 aliphatic heterocycles. The van der Waals surface area contributed by atoms with Gasteiger partial charge < -0.3 is 15.0 Å². The Kier molecular flexibility index (Phi) is 5.41. The standard InChI is InChI=1S/C16H24N2O2/c1-3-20-16-7-5-4-6-14(16)12-17-15-8-10-18(11-9-15)13(2)19/h4-7,15,17H,3,8-12H2,1-2H3. The molecule has 1 aromatic rings. The van der Waals surface area contributed by atoms with E-state index in [1.807, 2.05) is 30.0 Å². The molecule has 0 atom stereocenters. The van der Waals surface area contributed by atoms with Gasteiger partial charge in [0.2, 0.25) is 5.91 Å². The van der Waals surface area contributed by atoms with Gasteiger partial charge in [-0.2, -0.15) is 0 Å². The fraction of sp³-hybridized carbons (Fsp3) is 0.562. The highest BCUT2D eigenvalue weighted by molar-refractivity contribution is 5.73. The zero-order valence-electron chi connectivity index (χ0n) is 12.4. The predicted octanol–water partition coefficient (Wildman–Crippen LogP) is 2.19. The van der Waals surface area contributed by atoms with E-state index in [9.17, 15) is 4.79 Å². The van der Waals surface area contributed by atoms with Crippen LogP contribution in [0, 0.1) is 0 Å². The van der Waals surface area contributed by atoms with Gasteiger partial charge in [-0.3, -0.25) is 4.79 Å². The van der Waals surface area contributed by atoms with Gasteiger partial charge in [-0.05, 0) is 25.8 Å². The van der Waals surface area contributed by atoms with Crippen molar-refractivity contribution in [1.29, 1.82) is 0 Å². The minimum atomic E-state index is 0.185. The molecule has 1 amide bonds. The number of ether oxygens (including phenoxy) is 1. The van der Waals surface area contributed by atoms with Crippen molar-refractivity contribution in [2.45, 2.75) is 39.3 Å². The molecule has 1 aliphatic rings. The van der Waals surface area contributed by atoms with E-state index in [0.29, 0.717) is 12.6 Å². The van der Waals surface area contributed by atoms with Crippen LogP contribution in [0.15, 0.2) is 24.3 Å². The third-order valence-corrected chi connectivity index (χ3v) is 3.79. The van der Waals surface area contributed by atoms with Crippen LogP contribution in [-0.4, -0.2) is 36.5 Å². The van der Waals surface area contributed by atoms with Gasteiger partial charge in [0.05, 0.1) is 6.61 Å². The first kappa shape index (κ1) is 14.9. The number of nitrogens with zero attached hydrogens (tertiary/aromatic N) is 1. The highest BCUT2D eigenvalue weighted by atomic mass is 16.5. The average molecular weight is 276 g/mol. The molecule has 4 nitrogen and oxygen atoms in total. The molecule has 1 saturated heterocycles. The summed E-state index contributed by atoms with van der Waals surface area (Å²) in [4.78, 5) is 13.2. The molecule has 0 aromatic heterocycles. The summed E-state index contributed by atoms with van der Waals surface area (Å²) in [7, 11) is 0. The second-order valence-corrected chi connectivity index (χ2v) is 5.20. The first-order valence-corrected chi connectivity index (χ1v) is 7.40. The number of rotatable bonds is 5.